The van der Waals surface area contributed by atoms with E-state index in [1.54, 1.807) is 6.20 Å². The number of hydrogen-bond donors (Lipinski definition) is 2. The van der Waals surface area contributed by atoms with Crippen LogP contribution in [0, 0.1) is 0 Å². The minimum atomic E-state index is -0.0402. The van der Waals surface area contributed by atoms with Crippen molar-refractivity contribution < 1.29 is 4.79 Å². The number of benzene rings is 1. The van der Waals surface area contributed by atoms with Gasteiger partial charge in [0.15, 0.2) is 0 Å². The molecular weight excluding hydrogens is 318 g/mol. The number of aromatic nitrogens is 1. The first-order valence-electron chi connectivity index (χ1n) is 6.41. The highest BCUT2D eigenvalue weighted by Crippen LogP contribution is 2.12. The summed E-state index contributed by atoms with van der Waals surface area (Å²) in [5.41, 5.74) is 1.78. The van der Waals surface area contributed by atoms with E-state index in [0.29, 0.717) is 18.7 Å². The lowest BCUT2D eigenvalue weighted by Crippen LogP contribution is -2.22. The summed E-state index contributed by atoms with van der Waals surface area (Å²) in [5, 5.41) is 6.00. The largest absolute Gasteiger partial charge is 0.366 e. The number of pyridine rings is 1. The van der Waals surface area contributed by atoms with Crippen LogP contribution in [0.1, 0.15) is 22.8 Å². The van der Waals surface area contributed by atoms with Gasteiger partial charge in [0.25, 0.3) is 5.91 Å². The molecule has 1 amide bonds. The fourth-order valence-corrected chi connectivity index (χ4v) is 1.94. The molecule has 0 aliphatic rings. The second-order valence-corrected chi connectivity index (χ2v) is 5.19. The van der Waals surface area contributed by atoms with E-state index >= 15 is 0 Å². The summed E-state index contributed by atoms with van der Waals surface area (Å²) >= 11 is 3.35. The van der Waals surface area contributed by atoms with E-state index < -0.39 is 0 Å². The molecule has 0 aliphatic carbocycles. The van der Waals surface area contributed by atoms with Gasteiger partial charge < -0.3 is 10.6 Å². The average molecular weight is 334 g/mol. The van der Waals surface area contributed by atoms with E-state index in [4.69, 9.17) is 0 Å². The Morgan fingerprint density at radius 3 is 2.55 bits per heavy atom. The molecule has 0 unspecified atom stereocenters. The summed E-state index contributed by atoms with van der Waals surface area (Å²) < 4.78 is 0.953. The molecule has 0 radical (unpaired) electrons. The predicted octanol–water partition coefficient (Wildman–Crippen LogP) is 3.21. The monoisotopic (exact) mass is 333 g/mol. The summed E-state index contributed by atoms with van der Waals surface area (Å²) in [4.78, 5) is 15.9. The maximum Gasteiger partial charge on any atom is 0.251 e. The van der Waals surface area contributed by atoms with Crippen molar-refractivity contribution >= 4 is 27.7 Å². The molecule has 1 aromatic heterocycles. The zero-order valence-electron chi connectivity index (χ0n) is 11.2. The van der Waals surface area contributed by atoms with Crippen molar-refractivity contribution in [2.24, 2.45) is 0 Å². The summed E-state index contributed by atoms with van der Waals surface area (Å²) in [6.45, 7) is 3.21. The van der Waals surface area contributed by atoms with Crippen molar-refractivity contribution in [3.8, 4) is 0 Å². The van der Waals surface area contributed by atoms with E-state index in [9.17, 15) is 4.79 Å². The van der Waals surface area contributed by atoms with Crippen LogP contribution in [-0.4, -0.2) is 17.4 Å². The van der Waals surface area contributed by atoms with E-state index in [1.165, 1.54) is 0 Å². The Labute approximate surface area is 126 Å². The second-order valence-electron chi connectivity index (χ2n) is 4.27. The van der Waals surface area contributed by atoms with Crippen molar-refractivity contribution in [2.75, 3.05) is 11.9 Å². The molecule has 0 spiro atoms. The van der Waals surface area contributed by atoms with Crippen LogP contribution < -0.4 is 10.6 Å². The van der Waals surface area contributed by atoms with Crippen molar-refractivity contribution in [1.82, 2.24) is 10.3 Å². The lowest BCUT2D eigenvalue weighted by molar-refractivity contribution is 0.0956. The number of nitrogens with one attached hydrogen (secondary N) is 2. The SMILES string of the molecule is CCNC(=O)c1ccc(CNc2ccc(Br)cn2)cc1. The summed E-state index contributed by atoms with van der Waals surface area (Å²) in [5.74, 6) is 0.780. The molecule has 2 rings (SSSR count). The normalized spacial score (nSPS) is 10.1. The molecule has 0 fully saturated rings. The molecule has 0 saturated carbocycles. The van der Waals surface area contributed by atoms with Crippen LogP contribution >= 0.6 is 15.9 Å². The number of anilines is 1. The molecule has 4 nitrogen and oxygen atoms in total. The molecule has 0 bridgehead atoms. The number of rotatable bonds is 5. The van der Waals surface area contributed by atoms with Crippen molar-refractivity contribution in [1.29, 1.82) is 0 Å². The first kappa shape index (κ1) is 14.5. The second kappa shape index (κ2) is 7.05. The molecule has 0 aliphatic heterocycles. The molecule has 0 atom stereocenters. The number of carbonyl (C=O) groups excluding carboxylic acids is 1. The van der Waals surface area contributed by atoms with Crippen LogP contribution in [0.5, 0.6) is 0 Å². The Balaban J connectivity index is 1.93. The molecule has 2 N–H and O–H groups in total. The maximum absolute atomic E-state index is 11.6. The third kappa shape index (κ3) is 4.06. The molecule has 1 heterocycles. The number of hydrogen-bond acceptors (Lipinski definition) is 3. The molecule has 5 heteroatoms. The highest BCUT2D eigenvalue weighted by molar-refractivity contribution is 9.10. The molecule has 2 aromatic rings. The van der Waals surface area contributed by atoms with Crippen molar-refractivity contribution in [3.05, 3.63) is 58.2 Å². The van der Waals surface area contributed by atoms with Crippen molar-refractivity contribution in [2.45, 2.75) is 13.5 Å². The van der Waals surface area contributed by atoms with Gasteiger partial charge in [-0.1, -0.05) is 12.1 Å². The molecule has 1 aromatic carbocycles. The van der Waals surface area contributed by atoms with Crippen LogP contribution in [0.2, 0.25) is 0 Å². The lowest BCUT2D eigenvalue weighted by atomic mass is 10.1. The van der Waals surface area contributed by atoms with Gasteiger partial charge in [0.2, 0.25) is 0 Å². The Morgan fingerprint density at radius 1 is 1.20 bits per heavy atom. The van der Waals surface area contributed by atoms with E-state index in [-0.39, 0.29) is 5.91 Å². The Morgan fingerprint density at radius 2 is 1.95 bits per heavy atom. The van der Waals surface area contributed by atoms with E-state index in [2.05, 4.69) is 31.5 Å². The number of carbonyl (C=O) groups is 1. The quantitative estimate of drug-likeness (QED) is 0.883. The maximum atomic E-state index is 11.6. The zero-order chi connectivity index (χ0) is 14.4. The predicted molar refractivity (Wildman–Crippen MR) is 83.7 cm³/mol. The Hall–Kier alpha value is -1.88. The third-order valence-corrected chi connectivity index (χ3v) is 3.22. The number of nitrogens with zero attached hydrogens (tertiary/aromatic N) is 1. The smallest absolute Gasteiger partial charge is 0.251 e. The highest BCUT2D eigenvalue weighted by Gasteiger charge is 2.03. The van der Waals surface area contributed by atoms with Gasteiger partial charge in [0.05, 0.1) is 0 Å². The molecule has 0 saturated heterocycles. The van der Waals surface area contributed by atoms with Crippen LogP contribution in [0.3, 0.4) is 0 Å². The van der Waals surface area contributed by atoms with E-state index in [1.807, 2.05) is 43.3 Å². The number of halogens is 1. The van der Waals surface area contributed by atoms with Crippen molar-refractivity contribution in [3.63, 3.8) is 0 Å². The lowest BCUT2D eigenvalue weighted by Gasteiger charge is -2.07. The van der Waals surface area contributed by atoms with Gasteiger partial charge in [0, 0.05) is 29.3 Å². The third-order valence-electron chi connectivity index (χ3n) is 2.75. The fraction of sp³-hybridized carbons (Fsp3) is 0.200. The van der Waals surface area contributed by atoms with Crippen LogP contribution in [0.15, 0.2) is 47.1 Å². The van der Waals surface area contributed by atoms with Crippen LogP contribution in [-0.2, 0) is 6.54 Å². The average Bonchev–Trinajstić information content (AvgIpc) is 2.47. The zero-order valence-corrected chi connectivity index (χ0v) is 12.8. The summed E-state index contributed by atoms with van der Waals surface area (Å²) in [7, 11) is 0. The minimum Gasteiger partial charge on any atom is -0.366 e. The topological polar surface area (TPSA) is 54.0 Å². The fourth-order valence-electron chi connectivity index (χ4n) is 1.71. The van der Waals surface area contributed by atoms with Crippen LogP contribution in [0.25, 0.3) is 0 Å². The first-order chi connectivity index (χ1) is 9.69. The van der Waals surface area contributed by atoms with Gasteiger partial charge in [0.1, 0.15) is 5.82 Å². The number of amides is 1. The van der Waals surface area contributed by atoms with Gasteiger partial charge in [-0.05, 0) is 52.7 Å². The molecule has 20 heavy (non-hydrogen) atoms. The van der Waals surface area contributed by atoms with Gasteiger partial charge in [-0.2, -0.15) is 0 Å². The van der Waals surface area contributed by atoms with Gasteiger partial charge in [-0.15, -0.1) is 0 Å². The Kier molecular flexibility index (Phi) is 5.12. The van der Waals surface area contributed by atoms with Gasteiger partial charge in [-0.3, -0.25) is 4.79 Å². The standard InChI is InChI=1S/C15H16BrN3O/c1-2-17-15(20)12-5-3-11(4-6-12)9-18-14-8-7-13(16)10-19-14/h3-8,10H,2,9H2,1H3,(H,17,20)(H,18,19). The highest BCUT2D eigenvalue weighted by atomic mass is 79.9. The summed E-state index contributed by atoms with van der Waals surface area (Å²) in [6, 6.07) is 11.4. The summed E-state index contributed by atoms with van der Waals surface area (Å²) in [6.07, 6.45) is 1.75. The molecular formula is C15H16BrN3O. The van der Waals surface area contributed by atoms with Gasteiger partial charge >= 0.3 is 0 Å². The first-order valence-corrected chi connectivity index (χ1v) is 7.21. The Bertz CT molecular complexity index is 567. The minimum absolute atomic E-state index is 0.0402. The van der Waals surface area contributed by atoms with Gasteiger partial charge in [-0.25, -0.2) is 4.98 Å². The molecule has 104 valence electrons. The van der Waals surface area contributed by atoms with E-state index in [0.717, 1.165) is 15.9 Å². The van der Waals surface area contributed by atoms with Crippen LogP contribution in [0.4, 0.5) is 5.82 Å².